The van der Waals surface area contributed by atoms with E-state index in [1.54, 1.807) is 6.07 Å². The third kappa shape index (κ3) is 2.32. The molecule has 2 N–H and O–H groups in total. The van der Waals surface area contributed by atoms with Crippen LogP contribution in [0.2, 0.25) is 0 Å². The van der Waals surface area contributed by atoms with Gasteiger partial charge in [0.1, 0.15) is 0 Å². The Hall–Kier alpha value is -2.89. The Morgan fingerprint density at radius 3 is 2.87 bits per heavy atom. The average Bonchev–Trinajstić information content (AvgIpc) is 2.92. The maximum Gasteiger partial charge on any atom is 0.325 e. The molecule has 116 valence electrons. The molecule has 0 bridgehead atoms. The van der Waals surface area contributed by atoms with Crippen LogP contribution >= 0.6 is 0 Å². The molecule has 0 aliphatic carbocycles. The third-order valence-corrected chi connectivity index (χ3v) is 4.38. The van der Waals surface area contributed by atoms with Crippen LogP contribution in [0.25, 0.3) is 11.2 Å². The number of nitrogens with zero attached hydrogens (tertiary/aromatic N) is 2. The molecular weight excluding hydrogens is 292 g/mol. The Labute approximate surface area is 132 Å². The van der Waals surface area contributed by atoms with Crippen molar-refractivity contribution in [2.24, 2.45) is 0 Å². The van der Waals surface area contributed by atoms with Crippen molar-refractivity contribution in [3.8, 4) is 0 Å². The number of nitrogens with one attached hydrogen (secondary N) is 2. The van der Waals surface area contributed by atoms with E-state index in [2.05, 4.69) is 34.0 Å². The van der Waals surface area contributed by atoms with Crippen LogP contribution in [0.4, 0.5) is 0 Å². The molecule has 4 rings (SSSR count). The summed E-state index contributed by atoms with van der Waals surface area (Å²) in [4.78, 5) is 35.4. The summed E-state index contributed by atoms with van der Waals surface area (Å²) in [7, 11) is 0. The smallest absolute Gasteiger partial charge is 0.325 e. The van der Waals surface area contributed by atoms with Gasteiger partial charge in [0.15, 0.2) is 5.65 Å². The van der Waals surface area contributed by atoms with Gasteiger partial charge in [-0.3, -0.25) is 9.78 Å². The topological polar surface area (TPSA) is 81.8 Å². The Morgan fingerprint density at radius 2 is 2.04 bits per heavy atom. The second kappa shape index (κ2) is 5.08. The van der Waals surface area contributed by atoms with Crippen molar-refractivity contribution < 1.29 is 4.79 Å². The van der Waals surface area contributed by atoms with E-state index in [4.69, 9.17) is 0 Å². The van der Waals surface area contributed by atoms with Crippen LogP contribution < -0.4 is 5.69 Å². The summed E-state index contributed by atoms with van der Waals surface area (Å²) in [5.41, 5.74) is 3.65. The van der Waals surface area contributed by atoms with Crippen molar-refractivity contribution in [1.29, 1.82) is 0 Å². The van der Waals surface area contributed by atoms with E-state index in [9.17, 15) is 9.59 Å². The summed E-state index contributed by atoms with van der Waals surface area (Å²) >= 11 is 0. The number of hydrogen-bond acceptors (Lipinski definition) is 3. The highest BCUT2D eigenvalue weighted by Crippen LogP contribution is 2.24. The zero-order valence-corrected chi connectivity index (χ0v) is 12.7. The second-order valence-corrected chi connectivity index (χ2v) is 5.95. The number of benzene rings is 1. The molecule has 23 heavy (non-hydrogen) atoms. The van der Waals surface area contributed by atoms with Gasteiger partial charge in [0.05, 0.1) is 11.1 Å². The summed E-state index contributed by atoms with van der Waals surface area (Å²) in [6.45, 7) is 2.65. The molecule has 1 atom stereocenters. The monoisotopic (exact) mass is 308 g/mol. The van der Waals surface area contributed by atoms with Gasteiger partial charge in [-0.05, 0) is 30.5 Å². The molecule has 1 unspecified atom stereocenters. The molecule has 3 heterocycles. The molecule has 0 fully saturated rings. The lowest BCUT2D eigenvalue weighted by atomic mass is 9.94. The molecule has 6 nitrogen and oxygen atoms in total. The molecule has 1 amide bonds. The molecule has 1 aliphatic heterocycles. The number of aromatic nitrogens is 3. The zero-order chi connectivity index (χ0) is 16.0. The van der Waals surface area contributed by atoms with E-state index >= 15 is 0 Å². The maximum absolute atomic E-state index is 12.9. The van der Waals surface area contributed by atoms with Gasteiger partial charge < -0.3 is 9.88 Å². The predicted molar refractivity (Wildman–Crippen MR) is 86.2 cm³/mol. The number of pyridine rings is 1. The van der Waals surface area contributed by atoms with Gasteiger partial charge in [0.2, 0.25) is 0 Å². The van der Waals surface area contributed by atoms with Crippen LogP contribution in [0, 0.1) is 0 Å². The van der Waals surface area contributed by atoms with Gasteiger partial charge in [-0.25, -0.2) is 9.78 Å². The minimum absolute atomic E-state index is 0.0662. The number of rotatable bonds is 1. The summed E-state index contributed by atoms with van der Waals surface area (Å²) in [6, 6.07) is 10.0. The summed E-state index contributed by atoms with van der Waals surface area (Å²) in [5, 5.41) is 0. The standard InChI is InChI=1S/C17H16N4O2/c1-10-6-11-4-2-3-5-12(11)9-21(10)16(22)13-7-14-15(18-8-13)20-17(23)19-14/h2-5,7-8,10H,6,9H2,1H3,(H2,18,19,20,23). The van der Waals surface area contributed by atoms with E-state index in [0.29, 0.717) is 23.3 Å². The van der Waals surface area contributed by atoms with Gasteiger partial charge in [-0.2, -0.15) is 0 Å². The first-order valence-corrected chi connectivity index (χ1v) is 7.57. The van der Waals surface area contributed by atoms with Crippen molar-refractivity contribution in [2.45, 2.75) is 25.9 Å². The minimum Gasteiger partial charge on any atom is -0.331 e. The summed E-state index contributed by atoms with van der Waals surface area (Å²) in [6.07, 6.45) is 2.36. The Bertz CT molecular complexity index is 956. The third-order valence-electron chi connectivity index (χ3n) is 4.38. The Balaban J connectivity index is 1.68. The van der Waals surface area contributed by atoms with E-state index in [1.165, 1.54) is 17.3 Å². The number of hydrogen-bond donors (Lipinski definition) is 2. The van der Waals surface area contributed by atoms with E-state index in [1.807, 2.05) is 17.0 Å². The van der Waals surface area contributed by atoms with E-state index in [-0.39, 0.29) is 17.6 Å². The largest absolute Gasteiger partial charge is 0.331 e. The van der Waals surface area contributed by atoms with Crippen molar-refractivity contribution in [3.05, 3.63) is 63.7 Å². The lowest BCUT2D eigenvalue weighted by Crippen LogP contribution is -2.42. The number of aromatic amines is 2. The zero-order valence-electron chi connectivity index (χ0n) is 12.7. The van der Waals surface area contributed by atoms with Crippen LogP contribution in [-0.4, -0.2) is 31.8 Å². The number of carbonyl (C=O) groups excluding carboxylic acids is 1. The summed E-state index contributed by atoms with van der Waals surface area (Å²) in [5.74, 6) is -0.0662. The normalized spacial score (nSPS) is 17.3. The Morgan fingerprint density at radius 1 is 1.26 bits per heavy atom. The first-order valence-electron chi connectivity index (χ1n) is 7.57. The fraction of sp³-hybridized carbons (Fsp3) is 0.235. The highest BCUT2D eigenvalue weighted by atomic mass is 16.2. The molecule has 0 spiro atoms. The van der Waals surface area contributed by atoms with Gasteiger partial charge in [-0.15, -0.1) is 0 Å². The van der Waals surface area contributed by atoms with Crippen LogP contribution in [0.3, 0.4) is 0 Å². The Kier molecular flexibility index (Phi) is 3.04. The molecule has 2 aromatic heterocycles. The number of amides is 1. The fourth-order valence-electron chi connectivity index (χ4n) is 3.15. The maximum atomic E-state index is 12.9. The highest BCUT2D eigenvalue weighted by molar-refractivity contribution is 5.96. The van der Waals surface area contributed by atoms with E-state index in [0.717, 1.165) is 6.42 Å². The predicted octanol–water partition coefficient (Wildman–Crippen LogP) is 1.84. The number of fused-ring (bicyclic) bond motifs is 2. The van der Waals surface area contributed by atoms with Crippen LogP contribution in [0.5, 0.6) is 0 Å². The first-order chi connectivity index (χ1) is 11.1. The van der Waals surface area contributed by atoms with E-state index < -0.39 is 0 Å². The quantitative estimate of drug-likeness (QED) is 0.719. The number of H-pyrrole nitrogens is 2. The molecular formula is C17H16N4O2. The molecule has 0 saturated carbocycles. The summed E-state index contributed by atoms with van der Waals surface area (Å²) < 4.78 is 0. The minimum atomic E-state index is -0.322. The van der Waals surface area contributed by atoms with Gasteiger partial charge >= 0.3 is 5.69 Å². The van der Waals surface area contributed by atoms with Crippen LogP contribution in [-0.2, 0) is 13.0 Å². The second-order valence-electron chi connectivity index (χ2n) is 5.95. The van der Waals surface area contributed by atoms with Crippen molar-refractivity contribution >= 4 is 17.1 Å². The van der Waals surface area contributed by atoms with Gasteiger partial charge in [0, 0.05) is 18.8 Å². The first kappa shape index (κ1) is 13.8. The van der Waals surface area contributed by atoms with Crippen molar-refractivity contribution in [2.75, 3.05) is 0 Å². The molecule has 1 aromatic carbocycles. The van der Waals surface area contributed by atoms with Crippen molar-refractivity contribution in [3.63, 3.8) is 0 Å². The fourth-order valence-corrected chi connectivity index (χ4v) is 3.15. The highest BCUT2D eigenvalue weighted by Gasteiger charge is 2.27. The molecule has 0 radical (unpaired) electrons. The molecule has 6 heteroatoms. The molecule has 1 aliphatic rings. The lowest BCUT2D eigenvalue weighted by molar-refractivity contribution is 0.0658. The van der Waals surface area contributed by atoms with Crippen molar-refractivity contribution in [1.82, 2.24) is 19.9 Å². The molecule has 0 saturated heterocycles. The van der Waals surface area contributed by atoms with Gasteiger partial charge in [-0.1, -0.05) is 24.3 Å². The van der Waals surface area contributed by atoms with Crippen LogP contribution in [0.15, 0.2) is 41.3 Å². The average molecular weight is 308 g/mol. The van der Waals surface area contributed by atoms with Gasteiger partial charge in [0.25, 0.3) is 5.91 Å². The number of imidazole rings is 1. The van der Waals surface area contributed by atoms with Crippen LogP contribution in [0.1, 0.15) is 28.4 Å². The lowest BCUT2D eigenvalue weighted by Gasteiger charge is -2.35. The SMILES string of the molecule is CC1Cc2ccccc2CN1C(=O)c1cnc2[nH]c(=O)[nH]c2c1. The number of carbonyl (C=O) groups is 1. The molecule has 3 aromatic rings.